The lowest BCUT2D eigenvalue weighted by atomic mass is 10.2. The van der Waals surface area contributed by atoms with E-state index in [2.05, 4.69) is 16.3 Å². The van der Waals surface area contributed by atoms with Crippen LogP contribution in [0.3, 0.4) is 0 Å². The molecule has 1 amide bonds. The number of nitrogens with zero attached hydrogens (tertiary/aromatic N) is 5. The van der Waals surface area contributed by atoms with E-state index in [0.29, 0.717) is 18.2 Å². The minimum absolute atomic E-state index is 0.0524. The van der Waals surface area contributed by atoms with Crippen LogP contribution in [0.25, 0.3) is 11.4 Å². The molecule has 2 aromatic carbocycles. The van der Waals surface area contributed by atoms with Gasteiger partial charge in [0.05, 0.1) is 17.7 Å². The van der Waals surface area contributed by atoms with Crippen LogP contribution >= 0.6 is 11.8 Å². The zero-order chi connectivity index (χ0) is 20.6. The van der Waals surface area contributed by atoms with Crippen LogP contribution in [0, 0.1) is 11.3 Å². The van der Waals surface area contributed by atoms with Crippen molar-refractivity contribution in [1.29, 1.82) is 5.26 Å². The molecule has 7 heteroatoms. The van der Waals surface area contributed by atoms with Crippen molar-refractivity contribution in [1.82, 2.24) is 14.8 Å². The van der Waals surface area contributed by atoms with Crippen LogP contribution < -0.4 is 4.90 Å². The van der Waals surface area contributed by atoms with Gasteiger partial charge in [-0.2, -0.15) is 5.26 Å². The van der Waals surface area contributed by atoms with Crippen LogP contribution in [-0.4, -0.2) is 32.5 Å². The Kier molecular flexibility index (Phi) is 7.04. The summed E-state index contributed by atoms with van der Waals surface area (Å²) in [7, 11) is 0. The van der Waals surface area contributed by atoms with Gasteiger partial charge in [0, 0.05) is 24.3 Å². The van der Waals surface area contributed by atoms with Crippen LogP contribution in [0.5, 0.6) is 0 Å². The highest BCUT2D eigenvalue weighted by Gasteiger charge is 2.25. The van der Waals surface area contributed by atoms with E-state index in [-0.39, 0.29) is 17.6 Å². The molecule has 1 aromatic heterocycles. The summed E-state index contributed by atoms with van der Waals surface area (Å²) in [6.45, 7) is 4.97. The molecule has 148 valence electrons. The van der Waals surface area contributed by atoms with Crippen molar-refractivity contribution in [2.45, 2.75) is 37.2 Å². The van der Waals surface area contributed by atoms with Crippen molar-refractivity contribution in [3.8, 4) is 17.5 Å². The molecule has 3 rings (SSSR count). The van der Waals surface area contributed by atoms with Crippen LogP contribution in [0.2, 0.25) is 0 Å². The standard InChI is InChI=1S/C22H23N5OS/c1-3-26-20(18-11-6-4-7-12-18)24-25-22(26)29-17(2)21(28)27(16-10-15-23)19-13-8-5-9-14-19/h4-9,11-14,17H,3,10,16H2,1-2H3/t17-/m1/s1. The Balaban J connectivity index is 1.81. The van der Waals surface area contributed by atoms with E-state index in [1.54, 1.807) is 4.90 Å². The second-order valence-electron chi connectivity index (χ2n) is 6.41. The molecule has 0 aliphatic heterocycles. The van der Waals surface area contributed by atoms with E-state index in [9.17, 15) is 4.79 Å². The van der Waals surface area contributed by atoms with E-state index in [1.165, 1.54) is 11.8 Å². The van der Waals surface area contributed by atoms with Crippen molar-refractivity contribution in [2.75, 3.05) is 11.4 Å². The lowest BCUT2D eigenvalue weighted by molar-refractivity contribution is -0.117. The largest absolute Gasteiger partial charge is 0.310 e. The summed E-state index contributed by atoms with van der Waals surface area (Å²) < 4.78 is 2.02. The normalized spacial score (nSPS) is 11.6. The van der Waals surface area contributed by atoms with Crippen LogP contribution in [0.15, 0.2) is 65.8 Å². The number of aromatic nitrogens is 3. The number of hydrogen-bond acceptors (Lipinski definition) is 5. The summed E-state index contributed by atoms with van der Waals surface area (Å²) in [6.07, 6.45) is 0.279. The summed E-state index contributed by atoms with van der Waals surface area (Å²) >= 11 is 1.39. The molecule has 1 heterocycles. The topological polar surface area (TPSA) is 74.8 Å². The summed E-state index contributed by atoms with van der Waals surface area (Å²) in [6, 6.07) is 21.5. The minimum Gasteiger partial charge on any atom is -0.310 e. The first-order valence-corrected chi connectivity index (χ1v) is 10.4. The minimum atomic E-state index is -0.368. The SMILES string of the molecule is CCn1c(S[C@H](C)C(=O)N(CCC#N)c2ccccc2)nnc1-c1ccccc1. The zero-order valence-electron chi connectivity index (χ0n) is 16.5. The Morgan fingerprint density at radius 1 is 1.14 bits per heavy atom. The van der Waals surface area contributed by atoms with E-state index in [0.717, 1.165) is 17.1 Å². The van der Waals surface area contributed by atoms with Gasteiger partial charge < -0.3 is 9.47 Å². The highest BCUT2D eigenvalue weighted by molar-refractivity contribution is 8.00. The van der Waals surface area contributed by atoms with Gasteiger partial charge in [0.2, 0.25) is 5.91 Å². The smallest absolute Gasteiger partial charge is 0.240 e. The molecule has 0 radical (unpaired) electrons. The van der Waals surface area contributed by atoms with Crippen molar-refractivity contribution in [2.24, 2.45) is 0 Å². The molecule has 0 aliphatic carbocycles. The molecule has 1 atom stereocenters. The number of rotatable bonds is 8. The number of amides is 1. The van der Waals surface area contributed by atoms with E-state index < -0.39 is 0 Å². The number of anilines is 1. The van der Waals surface area contributed by atoms with Gasteiger partial charge in [-0.15, -0.1) is 10.2 Å². The lowest BCUT2D eigenvalue weighted by Crippen LogP contribution is -2.37. The third-order valence-electron chi connectivity index (χ3n) is 4.48. The Morgan fingerprint density at radius 2 is 1.79 bits per heavy atom. The van der Waals surface area contributed by atoms with Gasteiger partial charge in [-0.3, -0.25) is 4.79 Å². The first-order valence-electron chi connectivity index (χ1n) is 9.54. The fraction of sp³-hybridized carbons (Fsp3) is 0.273. The van der Waals surface area contributed by atoms with Gasteiger partial charge in [-0.05, 0) is 26.0 Å². The highest BCUT2D eigenvalue weighted by Crippen LogP contribution is 2.28. The maximum Gasteiger partial charge on any atom is 0.240 e. The molecule has 0 saturated carbocycles. The van der Waals surface area contributed by atoms with Crippen LogP contribution in [-0.2, 0) is 11.3 Å². The number of thioether (sulfide) groups is 1. The number of nitriles is 1. The molecule has 3 aromatic rings. The average molecular weight is 406 g/mol. The maximum atomic E-state index is 13.2. The van der Waals surface area contributed by atoms with Gasteiger partial charge in [0.1, 0.15) is 0 Å². The molecule has 0 bridgehead atoms. The summed E-state index contributed by atoms with van der Waals surface area (Å²) in [5.41, 5.74) is 1.79. The fourth-order valence-corrected chi connectivity index (χ4v) is 4.00. The predicted molar refractivity (Wildman–Crippen MR) is 115 cm³/mol. The second-order valence-corrected chi connectivity index (χ2v) is 7.72. The van der Waals surface area contributed by atoms with E-state index in [4.69, 9.17) is 5.26 Å². The molecule has 0 spiro atoms. The first-order chi connectivity index (χ1) is 14.2. The number of carbonyl (C=O) groups is 1. The molecule has 0 N–H and O–H groups in total. The van der Waals surface area contributed by atoms with Gasteiger partial charge >= 0.3 is 0 Å². The van der Waals surface area contributed by atoms with Gasteiger partial charge in [0.15, 0.2) is 11.0 Å². The number of para-hydroxylation sites is 1. The van der Waals surface area contributed by atoms with Crippen molar-refractivity contribution in [3.05, 3.63) is 60.7 Å². The Bertz CT molecular complexity index is 981. The van der Waals surface area contributed by atoms with Gasteiger partial charge in [-0.25, -0.2) is 0 Å². The fourth-order valence-electron chi connectivity index (χ4n) is 3.03. The predicted octanol–water partition coefficient (Wildman–Crippen LogP) is 4.39. The summed E-state index contributed by atoms with van der Waals surface area (Å²) in [5, 5.41) is 18.0. The van der Waals surface area contributed by atoms with Crippen LogP contribution in [0.4, 0.5) is 5.69 Å². The lowest BCUT2D eigenvalue weighted by Gasteiger charge is -2.24. The van der Waals surface area contributed by atoms with Crippen molar-refractivity contribution >= 4 is 23.4 Å². The second kappa shape index (κ2) is 9.89. The summed E-state index contributed by atoms with van der Waals surface area (Å²) in [4.78, 5) is 14.8. The molecule has 0 fully saturated rings. The highest BCUT2D eigenvalue weighted by atomic mass is 32.2. The molecule has 0 aliphatic rings. The molecular weight excluding hydrogens is 382 g/mol. The zero-order valence-corrected chi connectivity index (χ0v) is 17.3. The quantitative estimate of drug-likeness (QED) is 0.520. The Morgan fingerprint density at radius 3 is 2.41 bits per heavy atom. The third-order valence-corrected chi connectivity index (χ3v) is 5.54. The van der Waals surface area contributed by atoms with Gasteiger partial charge in [-0.1, -0.05) is 60.3 Å². The molecule has 0 unspecified atom stereocenters. The molecule has 6 nitrogen and oxygen atoms in total. The Labute approximate surface area is 175 Å². The first kappa shape index (κ1) is 20.6. The van der Waals surface area contributed by atoms with Crippen molar-refractivity contribution < 1.29 is 4.79 Å². The number of benzene rings is 2. The van der Waals surface area contributed by atoms with E-state index in [1.807, 2.05) is 79.1 Å². The molecule has 29 heavy (non-hydrogen) atoms. The molecule has 0 saturated heterocycles. The monoisotopic (exact) mass is 405 g/mol. The Hall–Kier alpha value is -3.11. The van der Waals surface area contributed by atoms with Gasteiger partial charge in [0.25, 0.3) is 0 Å². The van der Waals surface area contributed by atoms with Crippen LogP contribution in [0.1, 0.15) is 20.3 Å². The number of hydrogen-bond donors (Lipinski definition) is 0. The molecular formula is C22H23N5OS. The number of carbonyl (C=O) groups excluding carboxylic acids is 1. The van der Waals surface area contributed by atoms with E-state index >= 15 is 0 Å². The third kappa shape index (κ3) is 4.84. The summed E-state index contributed by atoms with van der Waals surface area (Å²) in [5.74, 6) is 0.739. The maximum absolute atomic E-state index is 13.2. The average Bonchev–Trinajstić information content (AvgIpc) is 3.17. The van der Waals surface area contributed by atoms with Crippen molar-refractivity contribution in [3.63, 3.8) is 0 Å².